The van der Waals surface area contributed by atoms with Crippen molar-refractivity contribution in [2.45, 2.75) is 19.6 Å². The highest BCUT2D eigenvalue weighted by molar-refractivity contribution is 6.30. The summed E-state index contributed by atoms with van der Waals surface area (Å²) in [6.45, 7) is 1.68. The van der Waals surface area contributed by atoms with Crippen LogP contribution in [0, 0.1) is 5.82 Å². The molecule has 0 fully saturated rings. The molecule has 0 spiro atoms. The fourth-order valence-electron chi connectivity index (χ4n) is 2.70. The van der Waals surface area contributed by atoms with Crippen molar-refractivity contribution in [3.8, 4) is 5.75 Å². The Hall–Kier alpha value is -2.36. The Morgan fingerprint density at radius 3 is 2.46 bits per heavy atom. The van der Waals surface area contributed by atoms with E-state index in [2.05, 4.69) is 17.4 Å². The third-order valence-corrected chi connectivity index (χ3v) is 4.35. The first-order valence-corrected chi connectivity index (χ1v) is 8.99. The normalized spacial score (nSPS) is 10.7. The molecule has 1 N–H and O–H groups in total. The molecule has 0 bridgehead atoms. The molecule has 0 saturated heterocycles. The van der Waals surface area contributed by atoms with Crippen molar-refractivity contribution in [2.24, 2.45) is 0 Å². The number of hydrogen-bond donors (Lipinski definition) is 1. The van der Waals surface area contributed by atoms with E-state index in [-0.39, 0.29) is 12.4 Å². The molecule has 2 nitrogen and oxygen atoms in total. The average molecular weight is 370 g/mol. The molecule has 3 aromatic rings. The zero-order valence-electron chi connectivity index (χ0n) is 14.4. The van der Waals surface area contributed by atoms with Gasteiger partial charge in [-0.05, 0) is 42.8 Å². The lowest BCUT2D eigenvalue weighted by molar-refractivity contribution is 0.296. The van der Waals surface area contributed by atoms with E-state index in [1.165, 1.54) is 11.6 Å². The third-order valence-electron chi connectivity index (χ3n) is 4.11. The summed E-state index contributed by atoms with van der Waals surface area (Å²) in [6, 6.07) is 22.5. The topological polar surface area (TPSA) is 21.3 Å². The number of ether oxygens (including phenoxy) is 1. The molecule has 3 aromatic carbocycles. The lowest BCUT2D eigenvalue weighted by Gasteiger charge is -2.13. The molecule has 0 atom stereocenters. The highest BCUT2D eigenvalue weighted by atomic mass is 35.5. The molecule has 0 aliphatic heterocycles. The molecular formula is C22H21ClFNO. The summed E-state index contributed by atoms with van der Waals surface area (Å²) in [4.78, 5) is 0. The molecule has 0 unspecified atom stereocenters. The highest BCUT2D eigenvalue weighted by Crippen LogP contribution is 2.24. The van der Waals surface area contributed by atoms with Gasteiger partial charge >= 0.3 is 0 Å². The first-order valence-electron chi connectivity index (χ1n) is 8.61. The van der Waals surface area contributed by atoms with Crippen LogP contribution in [0.5, 0.6) is 5.75 Å². The van der Waals surface area contributed by atoms with Crippen molar-refractivity contribution in [1.82, 2.24) is 5.32 Å². The molecule has 0 radical (unpaired) electrons. The SMILES string of the molecule is Fc1ccccc1COc1ccc(Cl)cc1CNCCc1ccccc1. The number of hydrogen-bond acceptors (Lipinski definition) is 2. The van der Waals surface area contributed by atoms with E-state index in [1.54, 1.807) is 24.3 Å². The van der Waals surface area contributed by atoms with Gasteiger partial charge in [0.1, 0.15) is 18.2 Å². The van der Waals surface area contributed by atoms with Crippen LogP contribution in [0.15, 0.2) is 72.8 Å². The van der Waals surface area contributed by atoms with Crippen LogP contribution < -0.4 is 10.1 Å². The molecule has 0 heterocycles. The summed E-state index contributed by atoms with van der Waals surface area (Å²) >= 11 is 6.12. The summed E-state index contributed by atoms with van der Waals surface area (Å²) in [5.41, 5.74) is 2.79. The predicted molar refractivity (Wildman–Crippen MR) is 104 cm³/mol. The summed E-state index contributed by atoms with van der Waals surface area (Å²) < 4.78 is 19.6. The van der Waals surface area contributed by atoms with Crippen molar-refractivity contribution in [3.63, 3.8) is 0 Å². The summed E-state index contributed by atoms with van der Waals surface area (Å²) in [5.74, 6) is 0.453. The highest BCUT2D eigenvalue weighted by Gasteiger charge is 2.07. The Balaban J connectivity index is 1.58. The van der Waals surface area contributed by atoms with Gasteiger partial charge < -0.3 is 10.1 Å². The van der Waals surface area contributed by atoms with Gasteiger partial charge in [0.2, 0.25) is 0 Å². The number of benzene rings is 3. The first kappa shape index (κ1) is 18.4. The Morgan fingerprint density at radius 1 is 0.885 bits per heavy atom. The minimum atomic E-state index is -0.260. The number of halogens is 2. The maximum atomic E-state index is 13.8. The molecule has 0 amide bonds. The minimum Gasteiger partial charge on any atom is -0.488 e. The zero-order chi connectivity index (χ0) is 18.2. The van der Waals surface area contributed by atoms with E-state index in [9.17, 15) is 4.39 Å². The van der Waals surface area contributed by atoms with Gasteiger partial charge in [-0.15, -0.1) is 0 Å². The zero-order valence-corrected chi connectivity index (χ0v) is 15.2. The second-order valence-corrected chi connectivity index (χ2v) is 6.48. The van der Waals surface area contributed by atoms with E-state index in [1.807, 2.05) is 30.3 Å². The van der Waals surface area contributed by atoms with Crippen LogP contribution in [0.4, 0.5) is 4.39 Å². The Kier molecular flexibility index (Phi) is 6.64. The van der Waals surface area contributed by atoms with Crippen LogP contribution in [0.1, 0.15) is 16.7 Å². The molecule has 0 aliphatic rings. The van der Waals surface area contributed by atoms with E-state index in [0.717, 1.165) is 18.5 Å². The average Bonchev–Trinajstić information content (AvgIpc) is 2.66. The lowest BCUT2D eigenvalue weighted by Crippen LogP contribution is -2.17. The van der Waals surface area contributed by atoms with Crippen LogP contribution in [-0.2, 0) is 19.6 Å². The fraction of sp³-hybridized carbons (Fsp3) is 0.182. The van der Waals surface area contributed by atoms with Gasteiger partial charge in [0.15, 0.2) is 0 Å². The van der Waals surface area contributed by atoms with Gasteiger partial charge in [-0.2, -0.15) is 0 Å². The molecule has 3 rings (SSSR count). The van der Waals surface area contributed by atoms with Crippen molar-refractivity contribution in [1.29, 1.82) is 0 Å². The smallest absolute Gasteiger partial charge is 0.129 e. The van der Waals surface area contributed by atoms with Gasteiger partial charge in [0, 0.05) is 22.7 Å². The third kappa shape index (κ3) is 5.32. The second-order valence-electron chi connectivity index (χ2n) is 6.04. The molecular weight excluding hydrogens is 349 g/mol. The van der Waals surface area contributed by atoms with Crippen molar-refractivity contribution < 1.29 is 9.13 Å². The van der Waals surface area contributed by atoms with Gasteiger partial charge in [0.05, 0.1) is 0 Å². The Morgan fingerprint density at radius 2 is 1.65 bits per heavy atom. The van der Waals surface area contributed by atoms with Crippen LogP contribution in [0.2, 0.25) is 5.02 Å². The van der Waals surface area contributed by atoms with Gasteiger partial charge in [-0.3, -0.25) is 0 Å². The van der Waals surface area contributed by atoms with E-state index < -0.39 is 0 Å². The number of rotatable bonds is 8. The van der Waals surface area contributed by atoms with Gasteiger partial charge in [-0.25, -0.2) is 4.39 Å². The van der Waals surface area contributed by atoms with Gasteiger partial charge in [-0.1, -0.05) is 60.1 Å². The van der Waals surface area contributed by atoms with Crippen LogP contribution >= 0.6 is 11.6 Å². The molecule has 0 aliphatic carbocycles. The maximum absolute atomic E-state index is 13.8. The quantitative estimate of drug-likeness (QED) is 0.537. The van der Waals surface area contributed by atoms with Crippen LogP contribution in [-0.4, -0.2) is 6.54 Å². The molecule has 0 saturated carbocycles. The summed E-state index contributed by atoms with van der Waals surface area (Å²) in [6.07, 6.45) is 0.951. The Labute approximate surface area is 158 Å². The first-order chi connectivity index (χ1) is 12.7. The van der Waals surface area contributed by atoms with Crippen molar-refractivity contribution >= 4 is 11.6 Å². The molecule has 0 aromatic heterocycles. The molecule has 26 heavy (non-hydrogen) atoms. The molecule has 4 heteroatoms. The monoisotopic (exact) mass is 369 g/mol. The summed E-state index contributed by atoms with van der Waals surface area (Å²) in [5, 5.41) is 4.07. The van der Waals surface area contributed by atoms with Crippen LogP contribution in [0.25, 0.3) is 0 Å². The fourth-order valence-corrected chi connectivity index (χ4v) is 2.89. The van der Waals surface area contributed by atoms with Crippen molar-refractivity contribution in [2.75, 3.05) is 6.54 Å². The van der Waals surface area contributed by atoms with E-state index >= 15 is 0 Å². The van der Waals surface area contributed by atoms with E-state index in [0.29, 0.717) is 22.9 Å². The largest absolute Gasteiger partial charge is 0.488 e. The Bertz CT molecular complexity index is 839. The van der Waals surface area contributed by atoms with Crippen LogP contribution in [0.3, 0.4) is 0 Å². The minimum absolute atomic E-state index is 0.186. The molecule has 134 valence electrons. The van der Waals surface area contributed by atoms with Crippen molar-refractivity contribution in [3.05, 3.63) is 100 Å². The lowest BCUT2D eigenvalue weighted by atomic mass is 10.1. The number of nitrogens with one attached hydrogen (secondary N) is 1. The van der Waals surface area contributed by atoms with Gasteiger partial charge in [0.25, 0.3) is 0 Å². The maximum Gasteiger partial charge on any atom is 0.129 e. The van der Waals surface area contributed by atoms with E-state index in [4.69, 9.17) is 16.3 Å². The standard InChI is InChI=1S/C22H21ClFNO/c23-20-10-11-22(26-16-18-8-4-5-9-21(18)24)19(14-20)15-25-13-12-17-6-2-1-3-7-17/h1-11,14,25H,12-13,15-16H2. The summed E-state index contributed by atoms with van der Waals surface area (Å²) in [7, 11) is 0. The second kappa shape index (κ2) is 9.37. The predicted octanol–water partition coefficient (Wildman–Crippen LogP) is 5.39.